The standard InChI is InChI=1S/C19H30N2O2.ClH/c1-14(2)13-23-17-9-7-16(8-10-17)15(3)21-18(22)19(20)11-5-4-6-12-19;/h7-10,14-15H,4-6,11-13,20H2,1-3H3,(H,21,22);1H. The molecule has 0 saturated heterocycles. The van der Waals surface area contributed by atoms with Crippen molar-refractivity contribution in [1.29, 1.82) is 0 Å². The highest BCUT2D eigenvalue weighted by atomic mass is 35.5. The second-order valence-electron chi connectivity index (χ2n) is 7.19. The van der Waals surface area contributed by atoms with Crippen LogP contribution in [0, 0.1) is 5.92 Å². The molecular formula is C19H31ClN2O2. The fourth-order valence-corrected chi connectivity index (χ4v) is 2.95. The van der Waals surface area contributed by atoms with Crippen LogP contribution in [0.1, 0.15) is 64.5 Å². The number of benzene rings is 1. The van der Waals surface area contributed by atoms with Crippen molar-refractivity contribution in [3.8, 4) is 5.75 Å². The maximum atomic E-state index is 12.5. The molecule has 0 heterocycles. The zero-order valence-corrected chi connectivity index (χ0v) is 15.8. The summed E-state index contributed by atoms with van der Waals surface area (Å²) in [5, 5.41) is 3.07. The molecule has 0 radical (unpaired) electrons. The van der Waals surface area contributed by atoms with Crippen molar-refractivity contribution in [3.63, 3.8) is 0 Å². The van der Waals surface area contributed by atoms with Crippen LogP contribution in [-0.4, -0.2) is 18.1 Å². The van der Waals surface area contributed by atoms with Gasteiger partial charge in [0.2, 0.25) is 5.91 Å². The number of nitrogens with two attached hydrogens (primary N) is 1. The van der Waals surface area contributed by atoms with E-state index in [9.17, 15) is 4.79 Å². The molecule has 1 aromatic rings. The number of carbonyl (C=O) groups excluding carboxylic acids is 1. The predicted molar refractivity (Wildman–Crippen MR) is 101 cm³/mol. The van der Waals surface area contributed by atoms with E-state index >= 15 is 0 Å². The van der Waals surface area contributed by atoms with Crippen molar-refractivity contribution in [2.24, 2.45) is 11.7 Å². The Kier molecular flexibility index (Phi) is 8.04. The van der Waals surface area contributed by atoms with Gasteiger partial charge >= 0.3 is 0 Å². The molecule has 3 N–H and O–H groups in total. The molecule has 24 heavy (non-hydrogen) atoms. The van der Waals surface area contributed by atoms with Gasteiger partial charge in [0, 0.05) is 0 Å². The number of hydrogen-bond acceptors (Lipinski definition) is 3. The van der Waals surface area contributed by atoms with Crippen molar-refractivity contribution >= 4 is 18.3 Å². The van der Waals surface area contributed by atoms with E-state index < -0.39 is 5.54 Å². The normalized spacial score (nSPS) is 17.7. The van der Waals surface area contributed by atoms with Gasteiger partial charge in [-0.3, -0.25) is 4.79 Å². The van der Waals surface area contributed by atoms with Crippen molar-refractivity contribution in [2.75, 3.05) is 6.61 Å². The largest absolute Gasteiger partial charge is 0.493 e. The van der Waals surface area contributed by atoms with Gasteiger partial charge in [-0.05, 0) is 43.4 Å². The Bertz CT molecular complexity index is 511. The third kappa shape index (κ3) is 5.67. The zero-order chi connectivity index (χ0) is 16.9. The Morgan fingerprint density at radius 1 is 1.17 bits per heavy atom. The van der Waals surface area contributed by atoms with Crippen LogP contribution >= 0.6 is 12.4 Å². The van der Waals surface area contributed by atoms with Crippen molar-refractivity contribution < 1.29 is 9.53 Å². The number of amides is 1. The minimum absolute atomic E-state index is 0. The number of ether oxygens (including phenoxy) is 1. The highest BCUT2D eigenvalue weighted by Gasteiger charge is 2.35. The third-order valence-corrected chi connectivity index (χ3v) is 4.51. The van der Waals surface area contributed by atoms with E-state index in [4.69, 9.17) is 10.5 Å². The topological polar surface area (TPSA) is 64.3 Å². The van der Waals surface area contributed by atoms with Crippen LogP contribution in [0.3, 0.4) is 0 Å². The van der Waals surface area contributed by atoms with Gasteiger partial charge in [0.05, 0.1) is 18.2 Å². The summed E-state index contributed by atoms with van der Waals surface area (Å²) in [6, 6.07) is 7.87. The molecule has 0 aromatic heterocycles. The van der Waals surface area contributed by atoms with E-state index in [0.29, 0.717) is 12.5 Å². The zero-order valence-electron chi connectivity index (χ0n) is 15.0. The Morgan fingerprint density at radius 2 is 1.75 bits per heavy atom. The monoisotopic (exact) mass is 354 g/mol. The van der Waals surface area contributed by atoms with Gasteiger partial charge in [-0.15, -0.1) is 12.4 Å². The van der Waals surface area contributed by atoms with Gasteiger partial charge in [0.1, 0.15) is 5.75 Å². The highest BCUT2D eigenvalue weighted by Crippen LogP contribution is 2.27. The number of hydrogen-bond donors (Lipinski definition) is 2. The summed E-state index contributed by atoms with van der Waals surface area (Å²) in [6.45, 7) is 6.95. The number of halogens is 1. The lowest BCUT2D eigenvalue weighted by molar-refractivity contribution is -0.128. The average Bonchev–Trinajstić information content (AvgIpc) is 2.54. The molecule has 1 saturated carbocycles. The van der Waals surface area contributed by atoms with Crippen LogP contribution in [0.25, 0.3) is 0 Å². The predicted octanol–water partition coefficient (Wildman–Crippen LogP) is 3.98. The van der Waals surface area contributed by atoms with E-state index in [2.05, 4.69) is 19.2 Å². The molecule has 136 valence electrons. The molecule has 2 rings (SSSR count). The molecule has 1 amide bonds. The first-order chi connectivity index (χ1) is 10.9. The maximum Gasteiger partial charge on any atom is 0.240 e. The Labute approximate surface area is 151 Å². The molecule has 1 aliphatic rings. The minimum Gasteiger partial charge on any atom is -0.493 e. The number of rotatable bonds is 6. The molecule has 0 bridgehead atoms. The molecule has 0 spiro atoms. The smallest absolute Gasteiger partial charge is 0.240 e. The molecule has 1 fully saturated rings. The molecular weight excluding hydrogens is 324 g/mol. The summed E-state index contributed by atoms with van der Waals surface area (Å²) >= 11 is 0. The van der Waals surface area contributed by atoms with Gasteiger partial charge in [-0.2, -0.15) is 0 Å². The fourth-order valence-electron chi connectivity index (χ4n) is 2.95. The van der Waals surface area contributed by atoms with Crippen LogP contribution in [0.2, 0.25) is 0 Å². The van der Waals surface area contributed by atoms with Crippen LogP contribution in [0.15, 0.2) is 24.3 Å². The van der Waals surface area contributed by atoms with E-state index in [0.717, 1.165) is 37.0 Å². The Balaban J connectivity index is 0.00000288. The average molecular weight is 355 g/mol. The molecule has 1 unspecified atom stereocenters. The first-order valence-corrected chi connectivity index (χ1v) is 8.73. The van der Waals surface area contributed by atoms with Crippen LogP contribution in [0.5, 0.6) is 5.75 Å². The number of carbonyl (C=O) groups is 1. The minimum atomic E-state index is -0.688. The van der Waals surface area contributed by atoms with Crippen molar-refractivity contribution in [3.05, 3.63) is 29.8 Å². The lowest BCUT2D eigenvalue weighted by Gasteiger charge is -2.33. The third-order valence-electron chi connectivity index (χ3n) is 4.51. The van der Waals surface area contributed by atoms with E-state index in [1.165, 1.54) is 6.42 Å². The first kappa shape index (κ1) is 20.8. The van der Waals surface area contributed by atoms with Gasteiger partial charge in [-0.1, -0.05) is 45.2 Å². The van der Waals surface area contributed by atoms with Crippen molar-refractivity contribution in [2.45, 2.75) is 64.5 Å². The number of nitrogens with one attached hydrogen (secondary N) is 1. The Hall–Kier alpha value is -1.26. The van der Waals surface area contributed by atoms with Crippen molar-refractivity contribution in [1.82, 2.24) is 5.32 Å². The molecule has 0 aliphatic heterocycles. The van der Waals surface area contributed by atoms with Gasteiger partial charge in [-0.25, -0.2) is 0 Å². The van der Waals surface area contributed by atoms with Gasteiger partial charge in [0.15, 0.2) is 0 Å². The SMILES string of the molecule is CC(C)COc1ccc(C(C)NC(=O)C2(N)CCCCC2)cc1.Cl. The molecule has 5 heteroatoms. The second kappa shape index (κ2) is 9.28. The molecule has 1 atom stereocenters. The maximum absolute atomic E-state index is 12.5. The summed E-state index contributed by atoms with van der Waals surface area (Å²) in [7, 11) is 0. The summed E-state index contributed by atoms with van der Waals surface area (Å²) in [4.78, 5) is 12.5. The molecule has 4 nitrogen and oxygen atoms in total. The van der Waals surface area contributed by atoms with Crippen LogP contribution in [-0.2, 0) is 4.79 Å². The fraction of sp³-hybridized carbons (Fsp3) is 0.632. The van der Waals surface area contributed by atoms with Crippen LogP contribution < -0.4 is 15.8 Å². The Morgan fingerprint density at radius 3 is 2.29 bits per heavy atom. The van der Waals surface area contributed by atoms with E-state index in [1.807, 2.05) is 31.2 Å². The van der Waals surface area contributed by atoms with Gasteiger partial charge in [0.25, 0.3) is 0 Å². The van der Waals surface area contributed by atoms with Gasteiger partial charge < -0.3 is 15.8 Å². The molecule has 1 aromatic carbocycles. The summed E-state index contributed by atoms with van der Waals surface area (Å²) < 4.78 is 5.69. The van der Waals surface area contributed by atoms with E-state index in [1.54, 1.807) is 0 Å². The van der Waals surface area contributed by atoms with E-state index in [-0.39, 0.29) is 24.4 Å². The lowest BCUT2D eigenvalue weighted by atomic mass is 9.81. The first-order valence-electron chi connectivity index (χ1n) is 8.73. The summed E-state index contributed by atoms with van der Waals surface area (Å²) in [5.74, 6) is 1.34. The highest BCUT2D eigenvalue weighted by molar-refractivity contribution is 5.86. The lowest BCUT2D eigenvalue weighted by Crippen LogP contribution is -2.55. The quantitative estimate of drug-likeness (QED) is 0.812. The molecule has 1 aliphatic carbocycles. The second-order valence-corrected chi connectivity index (χ2v) is 7.19. The van der Waals surface area contributed by atoms with Crippen LogP contribution in [0.4, 0.5) is 0 Å². The summed E-state index contributed by atoms with van der Waals surface area (Å²) in [6.07, 6.45) is 4.83. The summed E-state index contributed by atoms with van der Waals surface area (Å²) in [5.41, 5.74) is 6.67.